The summed E-state index contributed by atoms with van der Waals surface area (Å²) in [5, 5.41) is 6.04. The van der Waals surface area contributed by atoms with Crippen LogP contribution in [0.25, 0.3) is 11.1 Å². The fraction of sp³-hybridized carbons (Fsp3) is 0.182. The lowest BCUT2D eigenvalue weighted by atomic mass is 10.1. The normalized spacial score (nSPS) is 10.4. The fourth-order valence-corrected chi connectivity index (χ4v) is 1.62. The standard InChI is InChI=1S/C11H11F2N3O2/c1-17-6-3-7(18-2)10(13)8(9(6)12)5-4-15-16-11(5)14/h3-4H,1-2H3,(H3,14,15,16). The van der Waals surface area contributed by atoms with E-state index >= 15 is 0 Å². The number of anilines is 1. The Labute approximate surface area is 102 Å². The van der Waals surface area contributed by atoms with Crippen molar-refractivity contribution in [2.24, 2.45) is 0 Å². The zero-order chi connectivity index (χ0) is 13.3. The minimum atomic E-state index is -0.858. The summed E-state index contributed by atoms with van der Waals surface area (Å²) in [4.78, 5) is 0. The Kier molecular flexibility index (Phi) is 3.05. The van der Waals surface area contributed by atoms with E-state index in [1.807, 2.05) is 0 Å². The van der Waals surface area contributed by atoms with Crippen LogP contribution in [0.5, 0.6) is 11.5 Å². The first-order chi connectivity index (χ1) is 8.60. The molecule has 0 fully saturated rings. The van der Waals surface area contributed by atoms with Gasteiger partial charge in [-0.05, 0) is 0 Å². The van der Waals surface area contributed by atoms with Gasteiger partial charge in [0.05, 0.1) is 26.0 Å². The Bertz CT molecular complexity index is 556. The minimum absolute atomic E-state index is 0.0584. The van der Waals surface area contributed by atoms with Crippen molar-refractivity contribution in [1.29, 1.82) is 0 Å². The molecule has 0 saturated heterocycles. The molecule has 0 unspecified atom stereocenters. The number of methoxy groups -OCH3 is 2. The van der Waals surface area contributed by atoms with Crippen LogP contribution in [0.3, 0.4) is 0 Å². The number of nitrogen functional groups attached to an aromatic ring is 1. The van der Waals surface area contributed by atoms with Crippen LogP contribution in [0.1, 0.15) is 0 Å². The molecule has 0 aliphatic carbocycles. The van der Waals surface area contributed by atoms with Crippen molar-refractivity contribution >= 4 is 5.82 Å². The third-order valence-electron chi connectivity index (χ3n) is 2.51. The Morgan fingerprint density at radius 2 is 1.72 bits per heavy atom. The van der Waals surface area contributed by atoms with Crippen LogP contribution in [0.4, 0.5) is 14.6 Å². The van der Waals surface area contributed by atoms with Crippen molar-refractivity contribution < 1.29 is 18.3 Å². The molecule has 0 spiro atoms. The summed E-state index contributed by atoms with van der Waals surface area (Å²) in [6.45, 7) is 0. The summed E-state index contributed by atoms with van der Waals surface area (Å²) in [6.07, 6.45) is 1.23. The molecule has 2 aromatic rings. The van der Waals surface area contributed by atoms with Gasteiger partial charge in [0.2, 0.25) is 0 Å². The van der Waals surface area contributed by atoms with Crippen LogP contribution < -0.4 is 15.2 Å². The second-order valence-electron chi connectivity index (χ2n) is 3.48. The molecule has 3 N–H and O–H groups in total. The van der Waals surface area contributed by atoms with E-state index < -0.39 is 11.6 Å². The molecule has 1 aromatic carbocycles. The monoisotopic (exact) mass is 255 g/mol. The maximum Gasteiger partial charge on any atom is 0.176 e. The van der Waals surface area contributed by atoms with Gasteiger partial charge in [-0.3, -0.25) is 5.10 Å². The first-order valence-corrected chi connectivity index (χ1v) is 4.99. The molecule has 0 aliphatic rings. The summed E-state index contributed by atoms with van der Waals surface area (Å²) in [5.74, 6) is -1.93. The van der Waals surface area contributed by atoms with E-state index in [4.69, 9.17) is 15.2 Å². The highest BCUT2D eigenvalue weighted by Crippen LogP contribution is 2.38. The summed E-state index contributed by atoms with van der Waals surface area (Å²) in [7, 11) is 2.55. The Balaban J connectivity index is 2.76. The molecule has 7 heteroatoms. The SMILES string of the molecule is COc1cc(OC)c(F)c(-c2cn[nH]c2N)c1F. The Hall–Kier alpha value is -2.31. The number of hydrogen-bond donors (Lipinski definition) is 2. The van der Waals surface area contributed by atoms with Gasteiger partial charge in [0.15, 0.2) is 23.1 Å². The number of aromatic amines is 1. The van der Waals surface area contributed by atoms with E-state index in [1.54, 1.807) is 0 Å². The molecule has 0 atom stereocenters. The molecular weight excluding hydrogens is 244 g/mol. The van der Waals surface area contributed by atoms with E-state index in [9.17, 15) is 8.78 Å². The lowest BCUT2D eigenvalue weighted by molar-refractivity contribution is 0.360. The number of nitrogens with two attached hydrogens (primary N) is 1. The summed E-state index contributed by atoms with van der Waals surface area (Å²) < 4.78 is 37.8. The van der Waals surface area contributed by atoms with E-state index in [0.29, 0.717) is 0 Å². The van der Waals surface area contributed by atoms with Gasteiger partial charge in [0.25, 0.3) is 0 Å². The molecule has 0 aliphatic heterocycles. The third-order valence-corrected chi connectivity index (χ3v) is 2.51. The average Bonchev–Trinajstić information content (AvgIpc) is 2.76. The second kappa shape index (κ2) is 4.52. The van der Waals surface area contributed by atoms with Crippen molar-refractivity contribution in [3.8, 4) is 22.6 Å². The predicted octanol–water partition coefficient (Wildman–Crippen LogP) is 1.95. The molecule has 0 amide bonds. The van der Waals surface area contributed by atoms with Gasteiger partial charge in [-0.2, -0.15) is 5.10 Å². The highest BCUT2D eigenvalue weighted by Gasteiger charge is 2.23. The third kappa shape index (κ3) is 1.73. The van der Waals surface area contributed by atoms with Gasteiger partial charge in [0, 0.05) is 11.6 Å². The maximum absolute atomic E-state index is 14.1. The number of ether oxygens (including phenoxy) is 2. The number of hydrogen-bond acceptors (Lipinski definition) is 4. The average molecular weight is 255 g/mol. The van der Waals surface area contributed by atoms with Crippen LogP contribution in [-0.2, 0) is 0 Å². The number of halogens is 2. The van der Waals surface area contributed by atoms with E-state index in [2.05, 4.69) is 10.2 Å². The predicted molar refractivity (Wildman–Crippen MR) is 61.5 cm³/mol. The number of benzene rings is 1. The highest BCUT2D eigenvalue weighted by atomic mass is 19.1. The van der Waals surface area contributed by atoms with E-state index in [-0.39, 0.29) is 28.4 Å². The number of rotatable bonds is 3. The van der Waals surface area contributed by atoms with Crippen LogP contribution in [-0.4, -0.2) is 24.4 Å². The lowest BCUT2D eigenvalue weighted by Crippen LogP contribution is -2.00. The topological polar surface area (TPSA) is 73.2 Å². The van der Waals surface area contributed by atoms with Gasteiger partial charge in [-0.1, -0.05) is 0 Å². The van der Waals surface area contributed by atoms with Crippen molar-refractivity contribution in [3.05, 3.63) is 23.9 Å². The largest absolute Gasteiger partial charge is 0.494 e. The van der Waals surface area contributed by atoms with Crippen LogP contribution in [0.2, 0.25) is 0 Å². The zero-order valence-electron chi connectivity index (χ0n) is 9.75. The second-order valence-corrected chi connectivity index (χ2v) is 3.48. The molecule has 0 radical (unpaired) electrons. The van der Waals surface area contributed by atoms with Crippen molar-refractivity contribution in [1.82, 2.24) is 10.2 Å². The van der Waals surface area contributed by atoms with E-state index in [0.717, 1.165) is 6.07 Å². The van der Waals surface area contributed by atoms with Gasteiger partial charge in [-0.15, -0.1) is 0 Å². The molecule has 0 bridgehead atoms. The summed E-state index contributed by atoms with van der Waals surface area (Å²) in [5.41, 5.74) is 5.34. The van der Waals surface area contributed by atoms with Crippen molar-refractivity contribution in [2.75, 3.05) is 20.0 Å². The van der Waals surface area contributed by atoms with Crippen LogP contribution in [0, 0.1) is 11.6 Å². The summed E-state index contributed by atoms with van der Waals surface area (Å²) in [6, 6.07) is 1.13. The van der Waals surface area contributed by atoms with Gasteiger partial charge >= 0.3 is 0 Å². The molecule has 96 valence electrons. The first kappa shape index (κ1) is 12.2. The van der Waals surface area contributed by atoms with Crippen molar-refractivity contribution in [3.63, 3.8) is 0 Å². The zero-order valence-corrected chi connectivity index (χ0v) is 9.75. The van der Waals surface area contributed by atoms with Crippen LogP contribution >= 0.6 is 0 Å². The molecule has 1 aromatic heterocycles. The molecule has 5 nitrogen and oxygen atoms in total. The molecule has 0 saturated carbocycles. The minimum Gasteiger partial charge on any atom is -0.494 e. The number of nitrogens with zero attached hydrogens (tertiary/aromatic N) is 1. The highest BCUT2D eigenvalue weighted by molar-refractivity contribution is 5.76. The Morgan fingerprint density at radius 1 is 1.17 bits per heavy atom. The van der Waals surface area contributed by atoms with Gasteiger partial charge in [-0.25, -0.2) is 8.78 Å². The molecule has 18 heavy (non-hydrogen) atoms. The van der Waals surface area contributed by atoms with Crippen LogP contribution in [0.15, 0.2) is 12.3 Å². The lowest BCUT2D eigenvalue weighted by Gasteiger charge is -2.11. The van der Waals surface area contributed by atoms with Gasteiger partial charge in [0.1, 0.15) is 5.82 Å². The fourth-order valence-electron chi connectivity index (χ4n) is 1.62. The first-order valence-electron chi connectivity index (χ1n) is 4.99. The van der Waals surface area contributed by atoms with E-state index in [1.165, 1.54) is 20.4 Å². The van der Waals surface area contributed by atoms with Crippen molar-refractivity contribution in [2.45, 2.75) is 0 Å². The maximum atomic E-state index is 14.1. The molecular formula is C11H11F2N3O2. The summed E-state index contributed by atoms with van der Waals surface area (Å²) >= 11 is 0. The molecule has 2 rings (SSSR count). The number of H-pyrrole nitrogens is 1. The van der Waals surface area contributed by atoms with Gasteiger partial charge < -0.3 is 15.2 Å². The Morgan fingerprint density at radius 3 is 2.11 bits per heavy atom. The quantitative estimate of drug-likeness (QED) is 0.879. The smallest absolute Gasteiger partial charge is 0.176 e. The molecule has 1 heterocycles. The number of aromatic nitrogens is 2. The number of nitrogens with one attached hydrogen (secondary N) is 1.